The maximum atomic E-state index is 13.3. The van der Waals surface area contributed by atoms with Gasteiger partial charge in [-0.1, -0.05) is 6.92 Å². The average molecular weight is 356 g/mol. The van der Waals surface area contributed by atoms with Crippen molar-refractivity contribution in [3.63, 3.8) is 0 Å². The van der Waals surface area contributed by atoms with Crippen molar-refractivity contribution in [2.24, 2.45) is 7.05 Å². The number of aliphatic hydroxyl groups is 2. The lowest BCUT2D eigenvalue weighted by Crippen LogP contribution is -2.42. The fourth-order valence-corrected chi connectivity index (χ4v) is 4.59. The molecule has 0 saturated carbocycles. The van der Waals surface area contributed by atoms with Crippen LogP contribution in [0.3, 0.4) is 0 Å². The molecule has 4 rings (SSSR count). The molecule has 2 unspecified atom stereocenters. The molecule has 0 spiro atoms. The maximum Gasteiger partial charge on any atom is 0.253 e. The van der Waals surface area contributed by atoms with Crippen LogP contribution in [0.5, 0.6) is 0 Å². The molecule has 7 heteroatoms. The summed E-state index contributed by atoms with van der Waals surface area (Å²) in [4.78, 5) is 38.2. The number of aromatic nitrogens is 2. The van der Waals surface area contributed by atoms with Crippen LogP contribution in [0.15, 0.2) is 21.7 Å². The molecule has 7 nitrogen and oxygen atoms in total. The number of rotatable bonds is 1. The fourth-order valence-electron chi connectivity index (χ4n) is 4.59. The molecule has 2 aromatic rings. The van der Waals surface area contributed by atoms with Gasteiger partial charge in [0.15, 0.2) is 11.4 Å². The molecule has 0 saturated heterocycles. The van der Waals surface area contributed by atoms with Crippen molar-refractivity contribution >= 4 is 5.78 Å². The number of nitrogens with zero attached hydrogens (tertiary/aromatic N) is 2. The molecule has 26 heavy (non-hydrogen) atoms. The van der Waals surface area contributed by atoms with Crippen LogP contribution in [0, 0.1) is 13.8 Å². The SMILES string of the molecule is CCC1(O)CC2(O)c3c(c(C)cc(=O)n3C)C(=O)c3c(C)cc(=O)n1c32. The molecule has 0 bridgehead atoms. The molecule has 2 atom stereocenters. The molecular formula is C19H20N2O5. The zero-order valence-corrected chi connectivity index (χ0v) is 15.1. The van der Waals surface area contributed by atoms with Gasteiger partial charge in [-0.05, 0) is 31.4 Å². The second-order valence-corrected chi connectivity index (χ2v) is 7.38. The Hall–Kier alpha value is -2.51. The van der Waals surface area contributed by atoms with Gasteiger partial charge in [-0.15, -0.1) is 0 Å². The van der Waals surface area contributed by atoms with Crippen LogP contribution in [0.25, 0.3) is 0 Å². The van der Waals surface area contributed by atoms with E-state index in [1.54, 1.807) is 20.8 Å². The van der Waals surface area contributed by atoms with Crippen molar-refractivity contribution in [3.05, 3.63) is 66.5 Å². The first-order chi connectivity index (χ1) is 12.1. The van der Waals surface area contributed by atoms with Gasteiger partial charge >= 0.3 is 0 Å². The zero-order chi connectivity index (χ0) is 19.2. The molecule has 0 fully saturated rings. The Morgan fingerprint density at radius 1 is 1.00 bits per heavy atom. The van der Waals surface area contributed by atoms with E-state index in [4.69, 9.17) is 0 Å². The Morgan fingerprint density at radius 2 is 1.54 bits per heavy atom. The molecule has 0 radical (unpaired) electrons. The van der Waals surface area contributed by atoms with E-state index >= 15 is 0 Å². The Balaban J connectivity index is 2.28. The van der Waals surface area contributed by atoms with E-state index in [9.17, 15) is 24.6 Å². The number of aryl methyl sites for hydroxylation is 2. The van der Waals surface area contributed by atoms with E-state index in [0.717, 1.165) is 4.57 Å². The summed E-state index contributed by atoms with van der Waals surface area (Å²) in [6.45, 7) is 5.00. The third kappa shape index (κ3) is 1.72. The molecule has 1 aliphatic carbocycles. The Kier molecular flexibility index (Phi) is 3.13. The van der Waals surface area contributed by atoms with Crippen LogP contribution < -0.4 is 11.1 Å². The van der Waals surface area contributed by atoms with Crippen LogP contribution in [0.4, 0.5) is 0 Å². The maximum absolute atomic E-state index is 13.3. The highest BCUT2D eigenvalue weighted by atomic mass is 16.3. The monoisotopic (exact) mass is 356 g/mol. The normalized spacial score (nSPS) is 26.0. The third-order valence-corrected chi connectivity index (χ3v) is 5.81. The third-order valence-electron chi connectivity index (χ3n) is 5.81. The van der Waals surface area contributed by atoms with E-state index < -0.39 is 16.9 Å². The molecule has 2 N–H and O–H groups in total. The second-order valence-electron chi connectivity index (χ2n) is 7.38. The van der Waals surface area contributed by atoms with Crippen LogP contribution in [0.1, 0.15) is 58.2 Å². The number of carbonyl (C=O) groups is 1. The highest BCUT2D eigenvalue weighted by molar-refractivity contribution is 6.14. The van der Waals surface area contributed by atoms with E-state index in [-0.39, 0.29) is 46.7 Å². The molecule has 2 aliphatic rings. The van der Waals surface area contributed by atoms with Crippen molar-refractivity contribution < 1.29 is 15.0 Å². The van der Waals surface area contributed by atoms with Gasteiger partial charge in [-0.3, -0.25) is 19.0 Å². The van der Waals surface area contributed by atoms with Crippen LogP contribution in [-0.2, 0) is 18.4 Å². The van der Waals surface area contributed by atoms with Crippen LogP contribution in [0.2, 0.25) is 0 Å². The van der Waals surface area contributed by atoms with Gasteiger partial charge in [-0.25, -0.2) is 0 Å². The van der Waals surface area contributed by atoms with E-state index in [1.807, 2.05) is 0 Å². The quantitative estimate of drug-likeness (QED) is 0.770. The smallest absolute Gasteiger partial charge is 0.253 e. The summed E-state index contributed by atoms with van der Waals surface area (Å²) >= 11 is 0. The predicted molar refractivity (Wildman–Crippen MR) is 93.4 cm³/mol. The minimum absolute atomic E-state index is 0.0879. The highest BCUT2D eigenvalue weighted by Crippen LogP contribution is 2.51. The van der Waals surface area contributed by atoms with Crippen molar-refractivity contribution in [1.82, 2.24) is 9.13 Å². The van der Waals surface area contributed by atoms with E-state index in [0.29, 0.717) is 11.1 Å². The Bertz CT molecular complexity index is 1130. The fraction of sp³-hybridized carbons (Fsp3) is 0.421. The second kappa shape index (κ2) is 4.81. The van der Waals surface area contributed by atoms with Crippen LogP contribution >= 0.6 is 0 Å². The molecule has 0 amide bonds. The van der Waals surface area contributed by atoms with Gasteiger partial charge in [0.1, 0.15) is 5.72 Å². The first kappa shape index (κ1) is 16.9. The number of hydrogen-bond donors (Lipinski definition) is 2. The standard InChI is InChI=1S/C19H20N2O5/c1-5-18(25)8-19(26)16-13(9(2)6-11(22)20(16)4)15(24)14-10(3)7-12(23)21(18)17(14)19/h6-7,25-26H,5,8H2,1-4H3. The first-order valence-electron chi connectivity index (χ1n) is 8.55. The topological polar surface area (TPSA) is 102 Å². The predicted octanol–water partition coefficient (Wildman–Crippen LogP) is 0.403. The average Bonchev–Trinajstić information content (AvgIpc) is 2.80. The van der Waals surface area contributed by atoms with Crippen LogP contribution in [-0.4, -0.2) is 25.1 Å². The number of fused-ring (bicyclic) bond motifs is 2. The number of pyridine rings is 2. The molecule has 0 aromatic carbocycles. The van der Waals surface area contributed by atoms with Gasteiger partial charge in [0, 0.05) is 36.7 Å². The van der Waals surface area contributed by atoms with Gasteiger partial charge in [0.2, 0.25) is 0 Å². The van der Waals surface area contributed by atoms with Gasteiger partial charge in [-0.2, -0.15) is 0 Å². The largest absolute Gasteiger partial charge is 0.377 e. The van der Waals surface area contributed by atoms with Gasteiger partial charge in [0.25, 0.3) is 11.1 Å². The minimum Gasteiger partial charge on any atom is -0.377 e. The lowest BCUT2D eigenvalue weighted by molar-refractivity contribution is -0.0694. The summed E-state index contributed by atoms with van der Waals surface area (Å²) < 4.78 is 2.37. The summed E-state index contributed by atoms with van der Waals surface area (Å²) in [5, 5.41) is 22.8. The number of hydrogen-bond acceptors (Lipinski definition) is 5. The number of ketones is 1. The summed E-state index contributed by atoms with van der Waals surface area (Å²) in [7, 11) is 1.48. The Morgan fingerprint density at radius 3 is 2.12 bits per heavy atom. The van der Waals surface area contributed by atoms with Crippen molar-refractivity contribution in [2.45, 2.75) is 44.9 Å². The molecule has 136 valence electrons. The minimum atomic E-state index is -1.80. The van der Waals surface area contributed by atoms with E-state index in [2.05, 4.69) is 0 Å². The molecule has 1 aliphatic heterocycles. The lowest BCUT2D eigenvalue weighted by atomic mass is 9.76. The zero-order valence-electron chi connectivity index (χ0n) is 15.1. The summed E-state index contributed by atoms with van der Waals surface area (Å²) in [5.41, 5.74) is -2.63. The lowest BCUT2D eigenvalue weighted by Gasteiger charge is -2.34. The summed E-state index contributed by atoms with van der Waals surface area (Å²) in [6.07, 6.45) is -0.0206. The van der Waals surface area contributed by atoms with E-state index in [1.165, 1.54) is 23.7 Å². The Labute approximate surface area is 149 Å². The van der Waals surface area contributed by atoms with Gasteiger partial charge < -0.3 is 14.8 Å². The first-order valence-corrected chi connectivity index (χ1v) is 8.55. The highest BCUT2D eigenvalue weighted by Gasteiger charge is 2.58. The number of carbonyl (C=O) groups excluding carboxylic acids is 1. The van der Waals surface area contributed by atoms with Gasteiger partial charge in [0.05, 0.1) is 11.4 Å². The molecule has 2 aromatic heterocycles. The molecule has 3 heterocycles. The van der Waals surface area contributed by atoms with Crippen molar-refractivity contribution in [1.29, 1.82) is 0 Å². The summed E-state index contributed by atoms with van der Waals surface area (Å²) in [6, 6.07) is 2.67. The van der Waals surface area contributed by atoms with Crippen molar-refractivity contribution in [3.8, 4) is 0 Å². The molecular weight excluding hydrogens is 336 g/mol. The summed E-state index contributed by atoms with van der Waals surface area (Å²) in [5.74, 6) is -0.348. The van der Waals surface area contributed by atoms with Crippen molar-refractivity contribution in [2.75, 3.05) is 0 Å².